The molecule has 2 rings (SSSR count). The van der Waals surface area contributed by atoms with Crippen LogP contribution in [0.15, 0.2) is 16.3 Å². The van der Waals surface area contributed by atoms with Gasteiger partial charge in [-0.05, 0) is 57.2 Å². The summed E-state index contributed by atoms with van der Waals surface area (Å²) in [4.78, 5) is 7.59. The molecule has 0 fully saturated rings. The van der Waals surface area contributed by atoms with Crippen LogP contribution in [0.4, 0.5) is 0 Å². The Morgan fingerprint density at radius 2 is 2.00 bits per heavy atom. The van der Waals surface area contributed by atoms with E-state index in [1.54, 1.807) is 12.7 Å². The Labute approximate surface area is 111 Å². The van der Waals surface area contributed by atoms with E-state index in [1.165, 1.54) is 56.5 Å². The van der Waals surface area contributed by atoms with Gasteiger partial charge in [0, 0.05) is 6.04 Å². The van der Waals surface area contributed by atoms with E-state index < -0.39 is 0 Å². The van der Waals surface area contributed by atoms with Crippen molar-refractivity contribution in [2.75, 3.05) is 20.2 Å². The molecule has 0 spiro atoms. The number of nitrogens with zero attached hydrogens (tertiary/aromatic N) is 2. The van der Waals surface area contributed by atoms with Gasteiger partial charge < -0.3 is 9.74 Å². The van der Waals surface area contributed by atoms with Crippen molar-refractivity contribution in [3.05, 3.63) is 11.1 Å². The van der Waals surface area contributed by atoms with Crippen LogP contribution in [0.5, 0.6) is 0 Å². The van der Waals surface area contributed by atoms with E-state index in [-0.39, 0.29) is 0 Å². The second kappa shape index (κ2) is 6.37. The lowest BCUT2D eigenvalue weighted by Gasteiger charge is -2.36. The van der Waals surface area contributed by atoms with Gasteiger partial charge in [-0.15, -0.1) is 0 Å². The molecular formula is C15H26N2O. The Hall–Kier alpha value is -0.830. The van der Waals surface area contributed by atoms with Crippen molar-refractivity contribution >= 4 is 5.71 Å². The van der Waals surface area contributed by atoms with Crippen LogP contribution in [-0.2, 0) is 4.84 Å². The highest BCUT2D eigenvalue weighted by Gasteiger charge is 2.28. The van der Waals surface area contributed by atoms with Crippen molar-refractivity contribution < 1.29 is 4.84 Å². The van der Waals surface area contributed by atoms with E-state index in [9.17, 15) is 0 Å². The van der Waals surface area contributed by atoms with E-state index in [1.807, 2.05) is 0 Å². The van der Waals surface area contributed by atoms with Gasteiger partial charge in [0.1, 0.15) is 7.11 Å². The Kier molecular flexibility index (Phi) is 4.81. The second-order valence-electron chi connectivity index (χ2n) is 5.27. The highest BCUT2D eigenvalue weighted by atomic mass is 16.6. The predicted octanol–water partition coefficient (Wildman–Crippen LogP) is 3.36. The van der Waals surface area contributed by atoms with Gasteiger partial charge in [-0.2, -0.15) is 0 Å². The summed E-state index contributed by atoms with van der Waals surface area (Å²) in [6.45, 7) is 6.88. The lowest BCUT2D eigenvalue weighted by molar-refractivity contribution is 0.195. The number of allylic oxidation sites excluding steroid dienone is 1. The van der Waals surface area contributed by atoms with Crippen LogP contribution >= 0.6 is 0 Å². The maximum atomic E-state index is 4.99. The fourth-order valence-electron chi connectivity index (χ4n) is 3.48. The molecule has 2 aliphatic rings. The third kappa shape index (κ3) is 2.77. The van der Waals surface area contributed by atoms with Crippen LogP contribution in [0, 0.1) is 0 Å². The van der Waals surface area contributed by atoms with Crippen molar-refractivity contribution in [1.82, 2.24) is 4.90 Å². The van der Waals surface area contributed by atoms with Gasteiger partial charge in [-0.25, -0.2) is 0 Å². The van der Waals surface area contributed by atoms with E-state index in [2.05, 4.69) is 23.9 Å². The first-order chi connectivity index (χ1) is 8.80. The normalized spacial score (nSPS) is 26.7. The molecule has 1 atom stereocenters. The highest BCUT2D eigenvalue weighted by Crippen LogP contribution is 2.36. The summed E-state index contributed by atoms with van der Waals surface area (Å²) in [5.74, 6) is 0. The molecule has 18 heavy (non-hydrogen) atoms. The Balaban J connectivity index is 2.13. The second-order valence-corrected chi connectivity index (χ2v) is 5.27. The maximum Gasteiger partial charge on any atom is 0.106 e. The zero-order chi connectivity index (χ0) is 13.0. The molecule has 0 aromatic carbocycles. The fourth-order valence-corrected chi connectivity index (χ4v) is 3.48. The molecule has 0 aliphatic heterocycles. The molecule has 0 N–H and O–H groups in total. The molecular weight excluding hydrogens is 224 g/mol. The van der Waals surface area contributed by atoms with Gasteiger partial charge in [-0.1, -0.05) is 24.6 Å². The van der Waals surface area contributed by atoms with E-state index >= 15 is 0 Å². The Bertz CT molecular complexity index is 342. The Morgan fingerprint density at radius 1 is 1.22 bits per heavy atom. The van der Waals surface area contributed by atoms with Crippen molar-refractivity contribution in [1.29, 1.82) is 0 Å². The smallest absolute Gasteiger partial charge is 0.106 e. The van der Waals surface area contributed by atoms with E-state index in [4.69, 9.17) is 4.84 Å². The molecule has 0 aromatic heterocycles. The largest absolute Gasteiger partial charge is 0.399 e. The number of rotatable bonds is 4. The number of oxime groups is 1. The molecule has 0 heterocycles. The molecule has 0 saturated carbocycles. The standard InChI is InChI=1S/C15H26N2O/c1-4-17(5-2)13-9-10-14-12(11-13)7-6-8-15(14)16-18-3/h13H,4-11H2,1-3H3. The van der Waals surface area contributed by atoms with Gasteiger partial charge in [-0.3, -0.25) is 0 Å². The molecule has 3 nitrogen and oxygen atoms in total. The lowest BCUT2D eigenvalue weighted by Crippen LogP contribution is -2.38. The van der Waals surface area contributed by atoms with Crippen molar-refractivity contribution in [2.45, 2.75) is 58.4 Å². The quantitative estimate of drug-likeness (QED) is 0.715. The molecule has 0 amide bonds. The minimum absolute atomic E-state index is 0.751. The maximum absolute atomic E-state index is 4.99. The zero-order valence-corrected chi connectivity index (χ0v) is 12.0. The van der Waals surface area contributed by atoms with Gasteiger partial charge in [0.25, 0.3) is 0 Å². The monoisotopic (exact) mass is 250 g/mol. The molecule has 0 aromatic rings. The molecule has 1 unspecified atom stereocenters. The zero-order valence-electron chi connectivity index (χ0n) is 12.0. The van der Waals surface area contributed by atoms with Gasteiger partial charge in [0.15, 0.2) is 0 Å². The van der Waals surface area contributed by atoms with Gasteiger partial charge in [0.05, 0.1) is 5.71 Å². The van der Waals surface area contributed by atoms with Crippen LogP contribution in [0.25, 0.3) is 0 Å². The van der Waals surface area contributed by atoms with Gasteiger partial charge >= 0.3 is 0 Å². The topological polar surface area (TPSA) is 24.8 Å². The van der Waals surface area contributed by atoms with Crippen molar-refractivity contribution in [2.24, 2.45) is 5.16 Å². The summed E-state index contributed by atoms with van der Waals surface area (Å²) in [7, 11) is 1.66. The van der Waals surface area contributed by atoms with Crippen LogP contribution in [0.2, 0.25) is 0 Å². The number of hydrogen-bond donors (Lipinski definition) is 0. The highest BCUT2D eigenvalue weighted by molar-refractivity contribution is 6.01. The minimum Gasteiger partial charge on any atom is -0.399 e. The number of hydrogen-bond acceptors (Lipinski definition) is 3. The molecule has 3 heteroatoms. The van der Waals surface area contributed by atoms with Crippen LogP contribution in [-0.4, -0.2) is 36.9 Å². The van der Waals surface area contributed by atoms with Crippen molar-refractivity contribution in [3.8, 4) is 0 Å². The molecule has 2 aliphatic carbocycles. The predicted molar refractivity (Wildman–Crippen MR) is 75.9 cm³/mol. The SMILES string of the molecule is CCN(CC)C1CCC2=C(CCCC2=NOC)C1. The van der Waals surface area contributed by atoms with Crippen LogP contribution in [0.3, 0.4) is 0 Å². The minimum atomic E-state index is 0.751. The summed E-state index contributed by atoms with van der Waals surface area (Å²) in [5.41, 5.74) is 4.39. The van der Waals surface area contributed by atoms with E-state index in [0.29, 0.717) is 0 Å². The molecule has 0 radical (unpaired) electrons. The fraction of sp³-hybridized carbons (Fsp3) is 0.800. The molecule has 0 bridgehead atoms. The van der Waals surface area contributed by atoms with Crippen LogP contribution in [0.1, 0.15) is 52.4 Å². The third-order valence-electron chi connectivity index (χ3n) is 4.41. The summed E-state index contributed by atoms with van der Waals surface area (Å²) in [6, 6.07) is 0.751. The average molecular weight is 250 g/mol. The average Bonchev–Trinajstić information content (AvgIpc) is 2.40. The summed E-state index contributed by atoms with van der Waals surface area (Å²) in [6.07, 6.45) is 7.34. The summed E-state index contributed by atoms with van der Waals surface area (Å²) < 4.78 is 0. The summed E-state index contributed by atoms with van der Waals surface area (Å²) >= 11 is 0. The lowest BCUT2D eigenvalue weighted by atomic mass is 9.78. The van der Waals surface area contributed by atoms with Crippen LogP contribution < -0.4 is 0 Å². The third-order valence-corrected chi connectivity index (χ3v) is 4.41. The Morgan fingerprint density at radius 3 is 2.67 bits per heavy atom. The van der Waals surface area contributed by atoms with Gasteiger partial charge in [0.2, 0.25) is 0 Å². The first-order valence-electron chi connectivity index (χ1n) is 7.35. The molecule has 0 saturated heterocycles. The summed E-state index contributed by atoms with van der Waals surface area (Å²) in [5, 5.41) is 4.22. The van der Waals surface area contributed by atoms with E-state index in [0.717, 1.165) is 12.5 Å². The molecule has 102 valence electrons. The van der Waals surface area contributed by atoms with Crippen molar-refractivity contribution in [3.63, 3.8) is 0 Å². The first kappa shape index (κ1) is 13.6. The first-order valence-corrected chi connectivity index (χ1v) is 7.35.